The van der Waals surface area contributed by atoms with E-state index < -0.39 is 5.54 Å². The van der Waals surface area contributed by atoms with Gasteiger partial charge in [0.25, 0.3) is 5.91 Å². The summed E-state index contributed by atoms with van der Waals surface area (Å²) < 4.78 is 0. The zero-order valence-electron chi connectivity index (χ0n) is 19.1. The molecule has 3 aliphatic rings. The third-order valence-corrected chi connectivity index (χ3v) is 8.53. The highest BCUT2D eigenvalue weighted by Gasteiger charge is 2.57. The monoisotopic (exact) mass is 464 g/mol. The predicted octanol–water partition coefficient (Wildman–Crippen LogP) is 3.82. The van der Waals surface area contributed by atoms with Gasteiger partial charge in [0.05, 0.1) is 6.54 Å². The summed E-state index contributed by atoms with van der Waals surface area (Å²) in [6, 6.07) is 14.5. The summed E-state index contributed by atoms with van der Waals surface area (Å²) in [4.78, 5) is 37.5. The van der Waals surface area contributed by atoms with Crippen molar-refractivity contribution in [3.63, 3.8) is 0 Å². The van der Waals surface area contributed by atoms with Gasteiger partial charge in [0, 0.05) is 38.1 Å². The summed E-state index contributed by atoms with van der Waals surface area (Å²) in [5.41, 5.74) is 1.36. The van der Waals surface area contributed by atoms with E-state index in [-0.39, 0.29) is 11.9 Å². The number of carbonyl (C=O) groups excluding carboxylic acids is 2. The Balaban J connectivity index is 1.36. The highest BCUT2D eigenvalue weighted by atomic mass is 32.2. The summed E-state index contributed by atoms with van der Waals surface area (Å²) in [7, 11) is 0. The van der Waals surface area contributed by atoms with E-state index in [0.717, 1.165) is 37.9 Å². The molecule has 1 aromatic heterocycles. The van der Waals surface area contributed by atoms with Crippen LogP contribution in [0.3, 0.4) is 0 Å². The molecule has 0 saturated carbocycles. The lowest BCUT2D eigenvalue weighted by molar-refractivity contribution is -0.136. The van der Waals surface area contributed by atoms with E-state index in [2.05, 4.69) is 22.0 Å². The van der Waals surface area contributed by atoms with Crippen molar-refractivity contribution in [2.75, 3.05) is 31.1 Å². The lowest BCUT2D eigenvalue weighted by atomic mass is 9.84. The molecule has 33 heavy (non-hydrogen) atoms. The van der Waals surface area contributed by atoms with Crippen LogP contribution < -0.4 is 0 Å². The largest absolute Gasteiger partial charge is 0.328 e. The van der Waals surface area contributed by atoms with Crippen LogP contribution in [0.4, 0.5) is 4.79 Å². The Hall–Kier alpha value is -2.38. The van der Waals surface area contributed by atoms with Crippen molar-refractivity contribution in [3.05, 3.63) is 66.0 Å². The number of pyridine rings is 1. The van der Waals surface area contributed by atoms with E-state index in [9.17, 15) is 9.59 Å². The minimum atomic E-state index is -0.714. The van der Waals surface area contributed by atoms with Gasteiger partial charge in [-0.1, -0.05) is 36.4 Å². The molecule has 7 heteroatoms. The third-order valence-electron chi connectivity index (χ3n) is 7.48. The molecule has 0 atom stereocenters. The summed E-state index contributed by atoms with van der Waals surface area (Å²) in [6.45, 7) is 2.63. The zero-order chi connectivity index (χ0) is 22.7. The topological polar surface area (TPSA) is 56.8 Å². The number of urea groups is 1. The number of aromatic nitrogens is 1. The van der Waals surface area contributed by atoms with E-state index in [1.54, 1.807) is 12.4 Å². The fraction of sp³-hybridized carbons (Fsp3) is 0.500. The normalized spacial score (nSPS) is 21.8. The van der Waals surface area contributed by atoms with Crippen LogP contribution in [-0.4, -0.2) is 74.3 Å². The van der Waals surface area contributed by atoms with Gasteiger partial charge in [0.15, 0.2) is 0 Å². The highest BCUT2D eigenvalue weighted by molar-refractivity contribution is 7.99. The van der Waals surface area contributed by atoms with E-state index in [1.165, 1.54) is 34.8 Å². The van der Waals surface area contributed by atoms with Crippen LogP contribution in [0.15, 0.2) is 54.9 Å². The SMILES string of the molecule is O=C1N(Cc2cccnc2)C(=O)C2(CCN(C3CCSCC3)CC2)N1CCc1ccccc1. The number of hydrogen-bond acceptors (Lipinski definition) is 5. The summed E-state index contributed by atoms with van der Waals surface area (Å²) >= 11 is 2.04. The first-order valence-corrected chi connectivity index (χ1v) is 13.2. The van der Waals surface area contributed by atoms with Gasteiger partial charge in [-0.3, -0.25) is 14.7 Å². The number of benzene rings is 1. The van der Waals surface area contributed by atoms with Crippen molar-refractivity contribution in [1.29, 1.82) is 0 Å². The van der Waals surface area contributed by atoms with Crippen LogP contribution in [-0.2, 0) is 17.8 Å². The van der Waals surface area contributed by atoms with Gasteiger partial charge in [-0.05, 0) is 60.8 Å². The minimum absolute atomic E-state index is 0.0248. The summed E-state index contributed by atoms with van der Waals surface area (Å²) in [5, 5.41) is 0. The fourth-order valence-electron chi connectivity index (χ4n) is 5.58. The molecule has 3 amide bonds. The Bertz CT molecular complexity index is 957. The highest BCUT2D eigenvalue weighted by Crippen LogP contribution is 2.39. The van der Waals surface area contributed by atoms with Crippen molar-refractivity contribution >= 4 is 23.7 Å². The van der Waals surface area contributed by atoms with Crippen molar-refractivity contribution in [3.8, 4) is 0 Å². The number of piperidine rings is 1. The van der Waals surface area contributed by atoms with Crippen LogP contribution in [0.2, 0.25) is 0 Å². The Morgan fingerprint density at radius 2 is 1.70 bits per heavy atom. The molecule has 0 radical (unpaired) electrons. The maximum atomic E-state index is 13.8. The molecule has 3 fully saturated rings. The Kier molecular flexibility index (Phi) is 6.69. The van der Waals surface area contributed by atoms with Gasteiger partial charge in [-0.25, -0.2) is 4.79 Å². The first-order valence-electron chi connectivity index (χ1n) is 12.1. The minimum Gasteiger partial charge on any atom is -0.309 e. The van der Waals surface area contributed by atoms with Gasteiger partial charge in [0.1, 0.15) is 5.54 Å². The van der Waals surface area contributed by atoms with Gasteiger partial charge < -0.3 is 9.80 Å². The average Bonchev–Trinajstić information content (AvgIpc) is 3.06. The second-order valence-corrected chi connectivity index (χ2v) is 10.6. The van der Waals surface area contributed by atoms with Crippen LogP contribution in [0.25, 0.3) is 0 Å². The number of imide groups is 1. The van der Waals surface area contributed by atoms with Gasteiger partial charge in [0.2, 0.25) is 0 Å². The van der Waals surface area contributed by atoms with Crippen LogP contribution >= 0.6 is 11.8 Å². The van der Waals surface area contributed by atoms with Gasteiger partial charge >= 0.3 is 6.03 Å². The van der Waals surface area contributed by atoms with Gasteiger partial charge in [-0.2, -0.15) is 11.8 Å². The number of carbonyl (C=O) groups is 2. The lowest BCUT2D eigenvalue weighted by Crippen LogP contribution is -2.58. The van der Waals surface area contributed by atoms with Crippen molar-refractivity contribution in [2.45, 2.75) is 50.2 Å². The van der Waals surface area contributed by atoms with E-state index in [1.807, 2.05) is 47.0 Å². The van der Waals surface area contributed by atoms with Crippen LogP contribution in [0, 0.1) is 0 Å². The quantitative estimate of drug-likeness (QED) is 0.609. The standard InChI is InChI=1S/C26H32N4O2S/c31-24-26(11-15-28(16-12-26)23-9-17-33-18-10-23)30(14-8-21-5-2-1-3-6-21)25(32)29(24)20-22-7-4-13-27-19-22/h1-7,13,19,23H,8-12,14-18,20H2. The number of hydrogen-bond donors (Lipinski definition) is 0. The molecule has 4 heterocycles. The molecule has 5 rings (SSSR count). The number of rotatable bonds is 6. The molecule has 6 nitrogen and oxygen atoms in total. The maximum absolute atomic E-state index is 13.8. The Morgan fingerprint density at radius 3 is 2.39 bits per heavy atom. The molecule has 0 aliphatic carbocycles. The first kappa shape index (κ1) is 22.4. The smallest absolute Gasteiger partial charge is 0.309 e. The molecular formula is C26H32N4O2S. The predicted molar refractivity (Wildman–Crippen MR) is 131 cm³/mol. The second-order valence-electron chi connectivity index (χ2n) is 9.33. The molecule has 0 unspecified atom stereocenters. The first-order chi connectivity index (χ1) is 16.2. The van der Waals surface area contributed by atoms with E-state index >= 15 is 0 Å². The molecule has 0 N–H and O–H groups in total. The van der Waals surface area contributed by atoms with E-state index in [0.29, 0.717) is 19.1 Å². The Labute approximate surface area is 200 Å². The fourth-order valence-corrected chi connectivity index (χ4v) is 6.67. The van der Waals surface area contributed by atoms with Gasteiger partial charge in [-0.15, -0.1) is 0 Å². The second kappa shape index (κ2) is 9.85. The summed E-state index contributed by atoms with van der Waals surface area (Å²) in [6.07, 6.45) is 8.11. The molecule has 174 valence electrons. The maximum Gasteiger partial charge on any atom is 0.328 e. The number of nitrogens with zero attached hydrogens (tertiary/aromatic N) is 4. The molecule has 3 aliphatic heterocycles. The molecule has 1 spiro atoms. The molecule has 3 saturated heterocycles. The third kappa shape index (κ3) is 4.53. The van der Waals surface area contributed by atoms with Crippen LogP contribution in [0.1, 0.15) is 36.8 Å². The Morgan fingerprint density at radius 1 is 0.970 bits per heavy atom. The summed E-state index contributed by atoms with van der Waals surface area (Å²) in [5.74, 6) is 2.43. The van der Waals surface area contributed by atoms with E-state index in [4.69, 9.17) is 0 Å². The lowest BCUT2D eigenvalue weighted by Gasteiger charge is -2.45. The van der Waals surface area contributed by atoms with Crippen molar-refractivity contribution < 1.29 is 9.59 Å². The zero-order valence-corrected chi connectivity index (χ0v) is 19.9. The number of thioether (sulfide) groups is 1. The van der Waals surface area contributed by atoms with Crippen molar-refractivity contribution in [1.82, 2.24) is 19.7 Å². The molecular weight excluding hydrogens is 432 g/mol. The molecule has 2 aromatic rings. The van der Waals surface area contributed by atoms with Crippen molar-refractivity contribution in [2.24, 2.45) is 0 Å². The average molecular weight is 465 g/mol. The van der Waals surface area contributed by atoms with Crippen LogP contribution in [0.5, 0.6) is 0 Å². The number of likely N-dealkylation sites (tertiary alicyclic amines) is 1. The number of amides is 3. The molecule has 1 aromatic carbocycles. The molecule has 0 bridgehead atoms.